The van der Waals surface area contributed by atoms with E-state index >= 15 is 0 Å². The topological polar surface area (TPSA) is 46.5 Å². The van der Waals surface area contributed by atoms with Crippen molar-refractivity contribution in [2.24, 2.45) is 5.92 Å². The quantitative estimate of drug-likeness (QED) is 0.702. The van der Waals surface area contributed by atoms with E-state index in [9.17, 15) is 4.79 Å². The molecule has 2 rings (SSSR count). The molecule has 2 saturated heterocycles. The molecule has 3 atom stereocenters. The zero-order chi connectivity index (χ0) is 10.1. The van der Waals surface area contributed by atoms with E-state index in [4.69, 9.17) is 9.84 Å². The van der Waals surface area contributed by atoms with Crippen LogP contribution in [0.25, 0.3) is 0 Å². The minimum atomic E-state index is -0.811. The van der Waals surface area contributed by atoms with E-state index < -0.39 is 5.97 Å². The van der Waals surface area contributed by atoms with Gasteiger partial charge in [0.05, 0.1) is 12.2 Å². The van der Waals surface area contributed by atoms with Crippen LogP contribution in [0.1, 0.15) is 32.6 Å². The van der Waals surface area contributed by atoms with Gasteiger partial charge in [-0.3, -0.25) is 0 Å². The fourth-order valence-corrected chi connectivity index (χ4v) is 2.41. The molecule has 0 spiro atoms. The van der Waals surface area contributed by atoms with Crippen LogP contribution in [0.5, 0.6) is 0 Å². The van der Waals surface area contributed by atoms with Gasteiger partial charge in [-0.2, -0.15) is 0 Å². The maximum absolute atomic E-state index is 10.6. The van der Waals surface area contributed by atoms with Gasteiger partial charge >= 0.3 is 5.97 Å². The smallest absolute Gasteiger partial charge is 0.330 e. The first-order valence-electron chi connectivity index (χ1n) is 5.22. The summed E-state index contributed by atoms with van der Waals surface area (Å²) in [5.41, 5.74) is 0.452. The highest BCUT2D eigenvalue weighted by Gasteiger charge is 2.39. The van der Waals surface area contributed by atoms with Crippen LogP contribution >= 0.6 is 0 Å². The number of carboxylic acid groups (broad SMARTS) is 1. The van der Waals surface area contributed by atoms with Crippen molar-refractivity contribution < 1.29 is 14.6 Å². The number of hydrogen-bond acceptors (Lipinski definition) is 2. The van der Waals surface area contributed by atoms with Gasteiger partial charge in [0.25, 0.3) is 0 Å². The summed E-state index contributed by atoms with van der Waals surface area (Å²) in [6.45, 7) is 1.65. The number of rotatable bonds is 3. The van der Waals surface area contributed by atoms with E-state index in [2.05, 4.69) is 0 Å². The molecule has 0 radical (unpaired) electrons. The minimum Gasteiger partial charge on any atom is -0.478 e. The SMILES string of the molecule is CC(=CCC1CC2CCC1O2)C(=O)O. The molecule has 0 aromatic carbocycles. The van der Waals surface area contributed by atoms with E-state index in [-0.39, 0.29) is 0 Å². The molecule has 0 aliphatic carbocycles. The average molecular weight is 196 g/mol. The van der Waals surface area contributed by atoms with Gasteiger partial charge in [-0.1, -0.05) is 6.08 Å². The molecule has 2 aliphatic heterocycles. The summed E-state index contributed by atoms with van der Waals surface area (Å²) < 4.78 is 5.70. The van der Waals surface area contributed by atoms with Crippen molar-refractivity contribution in [1.82, 2.24) is 0 Å². The lowest BCUT2D eigenvalue weighted by atomic mass is 9.86. The third-order valence-corrected chi connectivity index (χ3v) is 3.30. The summed E-state index contributed by atoms with van der Waals surface area (Å²) in [5, 5.41) is 8.69. The predicted molar refractivity (Wildman–Crippen MR) is 52.0 cm³/mol. The van der Waals surface area contributed by atoms with E-state index in [1.54, 1.807) is 6.92 Å². The normalized spacial score (nSPS) is 36.4. The van der Waals surface area contributed by atoms with Gasteiger partial charge in [-0.05, 0) is 38.5 Å². The first kappa shape index (κ1) is 9.71. The average Bonchev–Trinajstić information content (AvgIpc) is 2.74. The third kappa shape index (κ3) is 1.82. The lowest BCUT2D eigenvalue weighted by Crippen LogP contribution is -2.15. The molecule has 3 heteroatoms. The van der Waals surface area contributed by atoms with E-state index in [0.29, 0.717) is 23.7 Å². The first-order valence-corrected chi connectivity index (χ1v) is 5.22. The summed E-state index contributed by atoms with van der Waals surface area (Å²) >= 11 is 0. The number of fused-ring (bicyclic) bond motifs is 2. The van der Waals surface area contributed by atoms with Crippen molar-refractivity contribution in [2.45, 2.75) is 44.8 Å². The lowest BCUT2D eigenvalue weighted by molar-refractivity contribution is -0.132. The fraction of sp³-hybridized carbons (Fsp3) is 0.727. The number of aliphatic carboxylic acids is 1. The Bertz CT molecular complexity index is 270. The Labute approximate surface area is 83.8 Å². The van der Waals surface area contributed by atoms with Crippen LogP contribution in [0.2, 0.25) is 0 Å². The molecule has 2 bridgehead atoms. The summed E-state index contributed by atoms with van der Waals surface area (Å²) in [6, 6.07) is 0. The molecule has 14 heavy (non-hydrogen) atoms. The fourth-order valence-electron chi connectivity index (χ4n) is 2.41. The van der Waals surface area contributed by atoms with Crippen LogP contribution in [-0.4, -0.2) is 23.3 Å². The zero-order valence-electron chi connectivity index (χ0n) is 8.40. The highest BCUT2D eigenvalue weighted by molar-refractivity contribution is 5.85. The summed E-state index contributed by atoms with van der Waals surface area (Å²) in [6.07, 6.45) is 7.03. The molecular formula is C11H16O3. The van der Waals surface area contributed by atoms with E-state index in [1.807, 2.05) is 6.08 Å². The second kappa shape index (κ2) is 3.73. The second-order valence-electron chi connectivity index (χ2n) is 4.30. The molecule has 0 amide bonds. The zero-order valence-corrected chi connectivity index (χ0v) is 8.40. The van der Waals surface area contributed by atoms with E-state index in [0.717, 1.165) is 19.3 Å². The Kier molecular flexibility index (Phi) is 2.59. The largest absolute Gasteiger partial charge is 0.478 e. The highest BCUT2D eigenvalue weighted by Crippen LogP contribution is 2.40. The highest BCUT2D eigenvalue weighted by atomic mass is 16.5. The van der Waals surface area contributed by atoms with Crippen molar-refractivity contribution in [1.29, 1.82) is 0 Å². The Morgan fingerprint density at radius 3 is 2.86 bits per heavy atom. The lowest BCUT2D eigenvalue weighted by Gasteiger charge is -2.16. The number of allylic oxidation sites excluding steroid dienone is 1. The van der Waals surface area contributed by atoms with Crippen molar-refractivity contribution >= 4 is 5.97 Å². The molecule has 1 N–H and O–H groups in total. The Morgan fingerprint density at radius 2 is 2.36 bits per heavy atom. The standard InChI is InChI=1S/C11H16O3/c1-7(11(12)13)2-3-8-6-9-4-5-10(8)14-9/h2,8-10H,3-6H2,1H3,(H,12,13). The number of ether oxygens (including phenoxy) is 1. The van der Waals surface area contributed by atoms with Crippen LogP contribution in [0.4, 0.5) is 0 Å². The predicted octanol–water partition coefficient (Wildman–Crippen LogP) is 1.97. The first-order chi connectivity index (χ1) is 6.66. The van der Waals surface area contributed by atoms with Crippen LogP contribution in [0.3, 0.4) is 0 Å². The van der Waals surface area contributed by atoms with Gasteiger partial charge in [0.2, 0.25) is 0 Å². The van der Waals surface area contributed by atoms with Crippen molar-refractivity contribution in [3.05, 3.63) is 11.6 Å². The molecule has 0 aromatic heterocycles. The van der Waals surface area contributed by atoms with Crippen molar-refractivity contribution in [2.75, 3.05) is 0 Å². The van der Waals surface area contributed by atoms with Gasteiger partial charge in [0.15, 0.2) is 0 Å². The summed E-state index contributed by atoms with van der Waals surface area (Å²) in [4.78, 5) is 10.6. The van der Waals surface area contributed by atoms with Crippen LogP contribution in [0.15, 0.2) is 11.6 Å². The van der Waals surface area contributed by atoms with Gasteiger partial charge in [-0.15, -0.1) is 0 Å². The summed E-state index contributed by atoms with van der Waals surface area (Å²) in [5.74, 6) is -0.253. The maximum atomic E-state index is 10.6. The molecular weight excluding hydrogens is 180 g/mol. The third-order valence-electron chi connectivity index (χ3n) is 3.30. The van der Waals surface area contributed by atoms with Crippen LogP contribution in [-0.2, 0) is 9.53 Å². The van der Waals surface area contributed by atoms with Gasteiger partial charge in [-0.25, -0.2) is 4.79 Å². The summed E-state index contributed by atoms with van der Waals surface area (Å²) in [7, 11) is 0. The van der Waals surface area contributed by atoms with Crippen LogP contribution < -0.4 is 0 Å². The Balaban J connectivity index is 1.87. The monoisotopic (exact) mass is 196 g/mol. The van der Waals surface area contributed by atoms with Gasteiger partial charge in [0.1, 0.15) is 0 Å². The molecule has 2 fully saturated rings. The van der Waals surface area contributed by atoms with E-state index in [1.165, 1.54) is 6.42 Å². The minimum absolute atomic E-state index is 0.401. The van der Waals surface area contributed by atoms with Gasteiger partial charge in [0, 0.05) is 5.57 Å². The Morgan fingerprint density at radius 1 is 1.57 bits per heavy atom. The van der Waals surface area contributed by atoms with Crippen molar-refractivity contribution in [3.63, 3.8) is 0 Å². The second-order valence-corrected chi connectivity index (χ2v) is 4.30. The molecule has 78 valence electrons. The maximum Gasteiger partial charge on any atom is 0.330 e. The van der Waals surface area contributed by atoms with Gasteiger partial charge < -0.3 is 9.84 Å². The molecule has 3 nitrogen and oxygen atoms in total. The molecule has 2 heterocycles. The number of carbonyl (C=O) groups is 1. The molecule has 2 aliphatic rings. The molecule has 0 aromatic rings. The van der Waals surface area contributed by atoms with Crippen molar-refractivity contribution in [3.8, 4) is 0 Å². The Hall–Kier alpha value is -0.830. The van der Waals surface area contributed by atoms with Crippen LogP contribution in [0, 0.1) is 5.92 Å². The molecule has 0 saturated carbocycles. The number of carboxylic acids is 1. The number of hydrogen-bond donors (Lipinski definition) is 1. The molecule has 3 unspecified atom stereocenters.